The number of carbonyl (C=O) groups excluding carboxylic acids is 1. The molecule has 0 aliphatic carbocycles. The van der Waals surface area contributed by atoms with E-state index >= 15 is 0 Å². The smallest absolute Gasteiger partial charge is 0.334 e. The molecule has 1 aromatic carbocycles. The summed E-state index contributed by atoms with van der Waals surface area (Å²) in [6, 6.07) is 5.67. The van der Waals surface area contributed by atoms with E-state index in [0.29, 0.717) is 30.0 Å². The summed E-state index contributed by atoms with van der Waals surface area (Å²) in [6.45, 7) is 4.18. The summed E-state index contributed by atoms with van der Waals surface area (Å²) in [7, 11) is 1.58. The van der Waals surface area contributed by atoms with Crippen LogP contribution in [0.5, 0.6) is 5.75 Å². The Hall–Kier alpha value is -1.68. The molecule has 5 heteroatoms. The normalized spacial score (nSPS) is 21.8. The van der Waals surface area contributed by atoms with E-state index in [1.807, 2.05) is 18.2 Å². The SMILES string of the molecule is CCCC(C)C1(CCc2ccc(OC)c(Cl)c2)CC(O)=CC(=O)O1. The molecule has 2 atom stereocenters. The molecule has 0 aromatic heterocycles. The van der Waals surface area contributed by atoms with Crippen molar-refractivity contribution in [2.45, 2.75) is 51.6 Å². The molecule has 0 fully saturated rings. The molecule has 0 spiro atoms. The predicted molar refractivity (Wildman–Crippen MR) is 94.5 cm³/mol. The first kappa shape index (κ1) is 18.7. The summed E-state index contributed by atoms with van der Waals surface area (Å²) >= 11 is 6.18. The number of ether oxygens (including phenoxy) is 2. The van der Waals surface area contributed by atoms with Gasteiger partial charge in [0, 0.05) is 6.42 Å². The number of halogens is 1. The van der Waals surface area contributed by atoms with Crippen molar-refractivity contribution in [2.24, 2.45) is 5.92 Å². The van der Waals surface area contributed by atoms with Crippen LogP contribution in [0.3, 0.4) is 0 Å². The largest absolute Gasteiger partial charge is 0.512 e. The number of benzene rings is 1. The maximum absolute atomic E-state index is 11.9. The third-order valence-corrected chi connectivity index (χ3v) is 5.04. The summed E-state index contributed by atoms with van der Waals surface area (Å²) in [5.41, 5.74) is 0.382. The maximum Gasteiger partial charge on any atom is 0.334 e. The Morgan fingerprint density at radius 1 is 1.46 bits per heavy atom. The Bertz CT molecular complexity index is 626. The van der Waals surface area contributed by atoms with Gasteiger partial charge in [0.25, 0.3) is 0 Å². The molecular formula is C19H25ClO4. The molecule has 0 amide bonds. The second kappa shape index (κ2) is 7.93. The first-order chi connectivity index (χ1) is 11.4. The van der Waals surface area contributed by atoms with Crippen molar-refractivity contribution in [3.05, 3.63) is 40.6 Å². The number of aryl methyl sites for hydroxylation is 1. The first-order valence-electron chi connectivity index (χ1n) is 8.35. The van der Waals surface area contributed by atoms with E-state index in [1.54, 1.807) is 7.11 Å². The van der Waals surface area contributed by atoms with Crippen molar-refractivity contribution in [1.82, 2.24) is 0 Å². The molecule has 2 rings (SSSR count). The highest BCUT2D eigenvalue weighted by Gasteiger charge is 2.42. The first-order valence-corrected chi connectivity index (χ1v) is 8.73. The van der Waals surface area contributed by atoms with Crippen molar-refractivity contribution in [3.8, 4) is 5.75 Å². The number of rotatable bonds is 7. The van der Waals surface area contributed by atoms with E-state index in [4.69, 9.17) is 21.1 Å². The third kappa shape index (κ3) is 4.23. The molecule has 24 heavy (non-hydrogen) atoms. The van der Waals surface area contributed by atoms with Crippen LogP contribution in [0.1, 0.15) is 45.1 Å². The highest BCUT2D eigenvalue weighted by atomic mass is 35.5. The van der Waals surface area contributed by atoms with Gasteiger partial charge in [0.05, 0.1) is 18.2 Å². The van der Waals surface area contributed by atoms with Crippen LogP contribution in [0.25, 0.3) is 0 Å². The molecule has 1 aliphatic rings. The van der Waals surface area contributed by atoms with Gasteiger partial charge in [-0.25, -0.2) is 4.79 Å². The fraction of sp³-hybridized carbons (Fsp3) is 0.526. The Morgan fingerprint density at radius 2 is 2.21 bits per heavy atom. The lowest BCUT2D eigenvalue weighted by Gasteiger charge is -2.40. The fourth-order valence-corrected chi connectivity index (χ4v) is 3.62. The Kier molecular flexibility index (Phi) is 6.16. The van der Waals surface area contributed by atoms with E-state index in [2.05, 4.69) is 13.8 Å². The van der Waals surface area contributed by atoms with Gasteiger partial charge in [-0.2, -0.15) is 0 Å². The lowest BCUT2D eigenvalue weighted by molar-refractivity contribution is -0.165. The lowest BCUT2D eigenvalue weighted by Crippen LogP contribution is -2.44. The summed E-state index contributed by atoms with van der Waals surface area (Å²) in [5.74, 6) is 0.437. The van der Waals surface area contributed by atoms with E-state index in [9.17, 15) is 9.90 Å². The van der Waals surface area contributed by atoms with Crippen molar-refractivity contribution in [2.75, 3.05) is 7.11 Å². The van der Waals surface area contributed by atoms with Gasteiger partial charge < -0.3 is 14.6 Å². The average Bonchev–Trinajstić information content (AvgIpc) is 2.52. The molecule has 2 unspecified atom stereocenters. The molecule has 4 nitrogen and oxygen atoms in total. The summed E-state index contributed by atoms with van der Waals surface area (Å²) in [6.07, 6.45) is 4.81. The molecular weight excluding hydrogens is 328 g/mol. The van der Waals surface area contributed by atoms with Crippen molar-refractivity contribution >= 4 is 17.6 Å². The second-order valence-corrected chi connectivity index (χ2v) is 6.86. The molecule has 0 radical (unpaired) electrons. The van der Waals surface area contributed by atoms with Gasteiger partial charge in [-0.3, -0.25) is 0 Å². The van der Waals surface area contributed by atoms with Gasteiger partial charge in [-0.1, -0.05) is 37.9 Å². The number of cyclic esters (lactones) is 1. The number of aliphatic hydroxyl groups is 1. The number of esters is 1. The monoisotopic (exact) mass is 352 g/mol. The van der Waals surface area contributed by atoms with E-state index in [1.165, 1.54) is 6.08 Å². The minimum Gasteiger partial charge on any atom is -0.512 e. The van der Waals surface area contributed by atoms with E-state index in [0.717, 1.165) is 18.4 Å². The van der Waals surface area contributed by atoms with Gasteiger partial charge >= 0.3 is 5.97 Å². The van der Waals surface area contributed by atoms with E-state index in [-0.39, 0.29) is 11.7 Å². The average molecular weight is 353 g/mol. The van der Waals surface area contributed by atoms with Crippen LogP contribution in [-0.4, -0.2) is 23.8 Å². The van der Waals surface area contributed by atoms with Gasteiger partial charge in [0.2, 0.25) is 0 Å². The van der Waals surface area contributed by atoms with E-state index < -0.39 is 11.6 Å². The van der Waals surface area contributed by atoms with Crippen LogP contribution in [0.4, 0.5) is 0 Å². The van der Waals surface area contributed by atoms with Crippen LogP contribution >= 0.6 is 11.6 Å². The molecule has 1 aromatic rings. The summed E-state index contributed by atoms with van der Waals surface area (Å²) in [5, 5.41) is 10.5. The summed E-state index contributed by atoms with van der Waals surface area (Å²) in [4.78, 5) is 11.9. The van der Waals surface area contributed by atoms with Gasteiger partial charge in [0.1, 0.15) is 17.1 Å². The standard InChI is InChI=1S/C19H25ClO4/c1-4-5-13(2)19(12-15(21)11-18(22)24-19)9-8-14-6-7-17(23-3)16(20)10-14/h6-7,10-11,13,21H,4-5,8-9,12H2,1-3H3. The number of carbonyl (C=O) groups is 1. The molecule has 1 aliphatic heterocycles. The fourth-order valence-electron chi connectivity index (χ4n) is 3.34. The van der Waals surface area contributed by atoms with Crippen molar-refractivity contribution in [1.29, 1.82) is 0 Å². The second-order valence-electron chi connectivity index (χ2n) is 6.46. The molecule has 0 saturated carbocycles. The van der Waals surface area contributed by atoms with Crippen molar-refractivity contribution in [3.63, 3.8) is 0 Å². The highest BCUT2D eigenvalue weighted by Crippen LogP contribution is 2.39. The lowest BCUT2D eigenvalue weighted by atomic mass is 9.77. The van der Waals surface area contributed by atoms with Crippen LogP contribution < -0.4 is 4.74 Å². The maximum atomic E-state index is 11.9. The van der Waals surface area contributed by atoms with Crippen LogP contribution in [0.2, 0.25) is 5.02 Å². The number of aliphatic hydroxyl groups excluding tert-OH is 1. The van der Waals surface area contributed by atoms with Gasteiger partial charge in [0.15, 0.2) is 0 Å². The van der Waals surface area contributed by atoms with Crippen molar-refractivity contribution < 1.29 is 19.4 Å². The third-order valence-electron chi connectivity index (χ3n) is 4.74. The Morgan fingerprint density at radius 3 is 2.79 bits per heavy atom. The minimum atomic E-state index is -0.668. The summed E-state index contributed by atoms with van der Waals surface area (Å²) < 4.78 is 10.9. The topological polar surface area (TPSA) is 55.8 Å². The molecule has 1 N–H and O–H groups in total. The van der Waals surface area contributed by atoms with Gasteiger partial charge in [-0.15, -0.1) is 0 Å². The zero-order chi connectivity index (χ0) is 17.7. The highest BCUT2D eigenvalue weighted by molar-refractivity contribution is 6.32. The van der Waals surface area contributed by atoms with Crippen LogP contribution in [0.15, 0.2) is 30.0 Å². The Balaban J connectivity index is 2.18. The molecule has 1 heterocycles. The molecule has 0 bridgehead atoms. The zero-order valence-electron chi connectivity index (χ0n) is 14.5. The number of hydrogen-bond acceptors (Lipinski definition) is 4. The predicted octanol–water partition coefficient (Wildman–Crippen LogP) is 4.85. The number of methoxy groups -OCH3 is 1. The van der Waals surface area contributed by atoms with Crippen LogP contribution in [0, 0.1) is 5.92 Å². The number of hydrogen-bond donors (Lipinski definition) is 1. The minimum absolute atomic E-state index is 0.0990. The Labute approximate surface area is 148 Å². The molecule has 132 valence electrons. The van der Waals surface area contributed by atoms with Crippen LogP contribution in [-0.2, 0) is 16.0 Å². The zero-order valence-corrected chi connectivity index (χ0v) is 15.2. The van der Waals surface area contributed by atoms with Gasteiger partial charge in [-0.05, 0) is 42.9 Å². The quantitative estimate of drug-likeness (QED) is 0.713. The molecule has 0 saturated heterocycles.